The van der Waals surface area contributed by atoms with Gasteiger partial charge in [-0.05, 0) is 52.5 Å². The average molecular weight is 300 g/mol. The van der Waals surface area contributed by atoms with E-state index in [-0.39, 0.29) is 17.4 Å². The quantitative estimate of drug-likeness (QED) is 0.637. The van der Waals surface area contributed by atoms with E-state index in [1.165, 1.54) is 0 Å². The SMILES string of the molecule is CCNC1(C(N)=O)CCCC1CCOCCOC(C)(C)C. The van der Waals surface area contributed by atoms with Gasteiger partial charge in [0.05, 0.1) is 18.8 Å². The van der Waals surface area contributed by atoms with Crippen LogP contribution in [-0.4, -0.2) is 43.4 Å². The lowest BCUT2D eigenvalue weighted by Gasteiger charge is -2.33. The monoisotopic (exact) mass is 300 g/mol. The summed E-state index contributed by atoms with van der Waals surface area (Å²) in [6, 6.07) is 0. The Kier molecular flexibility index (Phi) is 7.10. The first-order chi connectivity index (χ1) is 9.82. The van der Waals surface area contributed by atoms with Crippen molar-refractivity contribution >= 4 is 5.91 Å². The van der Waals surface area contributed by atoms with Crippen LogP contribution in [0.3, 0.4) is 0 Å². The third kappa shape index (κ3) is 5.57. The molecule has 0 aromatic heterocycles. The predicted molar refractivity (Wildman–Crippen MR) is 84.1 cm³/mol. The Morgan fingerprint density at radius 2 is 2.05 bits per heavy atom. The summed E-state index contributed by atoms with van der Waals surface area (Å²) in [4.78, 5) is 11.9. The summed E-state index contributed by atoms with van der Waals surface area (Å²) in [6.45, 7) is 10.7. The van der Waals surface area contributed by atoms with Crippen LogP contribution in [0.15, 0.2) is 0 Å². The van der Waals surface area contributed by atoms with E-state index in [1.807, 2.05) is 27.7 Å². The molecule has 5 nitrogen and oxygen atoms in total. The van der Waals surface area contributed by atoms with Crippen molar-refractivity contribution in [2.75, 3.05) is 26.4 Å². The number of rotatable bonds is 9. The van der Waals surface area contributed by atoms with Gasteiger partial charge in [0, 0.05) is 6.61 Å². The van der Waals surface area contributed by atoms with Gasteiger partial charge in [-0.2, -0.15) is 0 Å². The number of carbonyl (C=O) groups excluding carboxylic acids is 1. The van der Waals surface area contributed by atoms with Gasteiger partial charge in [0.15, 0.2) is 0 Å². The highest BCUT2D eigenvalue weighted by Gasteiger charge is 2.46. The van der Waals surface area contributed by atoms with Gasteiger partial charge in [-0.1, -0.05) is 13.3 Å². The molecule has 124 valence electrons. The van der Waals surface area contributed by atoms with Crippen LogP contribution in [0.4, 0.5) is 0 Å². The number of nitrogens with one attached hydrogen (secondary N) is 1. The highest BCUT2D eigenvalue weighted by molar-refractivity contribution is 5.85. The summed E-state index contributed by atoms with van der Waals surface area (Å²) >= 11 is 0. The molecule has 0 saturated heterocycles. The molecule has 2 atom stereocenters. The zero-order chi connectivity index (χ0) is 15.9. The molecule has 1 aliphatic carbocycles. The fourth-order valence-electron chi connectivity index (χ4n) is 3.16. The van der Waals surface area contributed by atoms with Crippen LogP contribution in [0.1, 0.15) is 53.4 Å². The first-order valence-electron chi connectivity index (χ1n) is 8.08. The summed E-state index contributed by atoms with van der Waals surface area (Å²) < 4.78 is 11.2. The topological polar surface area (TPSA) is 73.6 Å². The molecule has 0 heterocycles. The van der Waals surface area contributed by atoms with Crippen LogP contribution in [0.2, 0.25) is 0 Å². The van der Waals surface area contributed by atoms with E-state index in [0.717, 1.165) is 32.2 Å². The van der Waals surface area contributed by atoms with Gasteiger partial charge in [0.25, 0.3) is 0 Å². The predicted octanol–water partition coefficient (Wildman–Crippen LogP) is 1.84. The van der Waals surface area contributed by atoms with E-state index >= 15 is 0 Å². The number of hydrogen-bond donors (Lipinski definition) is 2. The smallest absolute Gasteiger partial charge is 0.238 e. The van der Waals surface area contributed by atoms with Crippen molar-refractivity contribution in [2.45, 2.75) is 64.5 Å². The summed E-state index contributed by atoms with van der Waals surface area (Å²) in [5.74, 6) is 0.0569. The first kappa shape index (κ1) is 18.4. The number of primary amides is 1. The molecule has 1 amide bonds. The highest BCUT2D eigenvalue weighted by Crippen LogP contribution is 2.37. The fourth-order valence-corrected chi connectivity index (χ4v) is 3.16. The molecule has 5 heteroatoms. The Morgan fingerprint density at radius 3 is 2.62 bits per heavy atom. The number of ether oxygens (including phenoxy) is 2. The Balaban J connectivity index is 2.32. The molecular formula is C16H32N2O3. The summed E-state index contributed by atoms with van der Waals surface area (Å²) in [6.07, 6.45) is 3.80. The lowest BCUT2D eigenvalue weighted by atomic mass is 9.84. The van der Waals surface area contributed by atoms with E-state index < -0.39 is 5.54 Å². The molecular weight excluding hydrogens is 268 g/mol. The Morgan fingerprint density at radius 1 is 1.33 bits per heavy atom. The third-order valence-corrected chi connectivity index (χ3v) is 4.13. The number of amides is 1. The van der Waals surface area contributed by atoms with Crippen molar-refractivity contribution in [3.05, 3.63) is 0 Å². The van der Waals surface area contributed by atoms with Gasteiger partial charge in [-0.25, -0.2) is 0 Å². The minimum atomic E-state index is -0.528. The molecule has 21 heavy (non-hydrogen) atoms. The molecule has 0 spiro atoms. The van der Waals surface area contributed by atoms with E-state index in [0.29, 0.717) is 19.8 Å². The molecule has 1 saturated carbocycles. The molecule has 0 radical (unpaired) electrons. The minimum absolute atomic E-state index is 0.124. The van der Waals surface area contributed by atoms with Crippen molar-refractivity contribution < 1.29 is 14.3 Å². The summed E-state index contributed by atoms with van der Waals surface area (Å²) in [7, 11) is 0. The van der Waals surface area contributed by atoms with Crippen LogP contribution in [0.5, 0.6) is 0 Å². The van der Waals surface area contributed by atoms with Crippen molar-refractivity contribution in [2.24, 2.45) is 11.7 Å². The van der Waals surface area contributed by atoms with E-state index in [1.54, 1.807) is 0 Å². The van der Waals surface area contributed by atoms with Gasteiger partial charge in [-0.15, -0.1) is 0 Å². The lowest BCUT2D eigenvalue weighted by molar-refractivity contribution is -0.126. The second-order valence-corrected chi connectivity index (χ2v) is 6.82. The fraction of sp³-hybridized carbons (Fsp3) is 0.938. The first-order valence-corrected chi connectivity index (χ1v) is 8.08. The standard InChI is InChI=1S/C16H32N2O3/c1-5-18-16(14(17)19)9-6-7-13(16)8-10-20-11-12-21-15(2,3)4/h13,18H,5-12H2,1-4H3,(H2,17,19). The normalized spacial score (nSPS) is 26.2. The Bertz CT molecular complexity index is 328. The van der Waals surface area contributed by atoms with E-state index in [2.05, 4.69) is 5.32 Å². The van der Waals surface area contributed by atoms with Gasteiger partial charge in [0.1, 0.15) is 5.54 Å². The van der Waals surface area contributed by atoms with Gasteiger partial charge >= 0.3 is 0 Å². The van der Waals surface area contributed by atoms with Crippen molar-refractivity contribution in [1.82, 2.24) is 5.32 Å². The van der Waals surface area contributed by atoms with E-state index in [4.69, 9.17) is 15.2 Å². The van der Waals surface area contributed by atoms with Crippen molar-refractivity contribution in [3.8, 4) is 0 Å². The maximum Gasteiger partial charge on any atom is 0.238 e. The molecule has 1 rings (SSSR count). The molecule has 0 aliphatic heterocycles. The van der Waals surface area contributed by atoms with Gasteiger partial charge in [-0.3, -0.25) is 4.79 Å². The zero-order valence-corrected chi connectivity index (χ0v) is 14.0. The maximum atomic E-state index is 11.9. The second kappa shape index (κ2) is 8.11. The van der Waals surface area contributed by atoms with Crippen LogP contribution in [-0.2, 0) is 14.3 Å². The minimum Gasteiger partial charge on any atom is -0.379 e. The molecule has 0 aromatic carbocycles. The van der Waals surface area contributed by atoms with Crippen LogP contribution < -0.4 is 11.1 Å². The van der Waals surface area contributed by atoms with E-state index in [9.17, 15) is 4.79 Å². The molecule has 0 bridgehead atoms. The average Bonchev–Trinajstić information content (AvgIpc) is 2.77. The van der Waals surface area contributed by atoms with Crippen molar-refractivity contribution in [1.29, 1.82) is 0 Å². The lowest BCUT2D eigenvalue weighted by Crippen LogP contribution is -2.58. The van der Waals surface area contributed by atoms with Gasteiger partial charge < -0.3 is 20.5 Å². The molecule has 1 aliphatic rings. The zero-order valence-electron chi connectivity index (χ0n) is 14.0. The number of hydrogen-bond acceptors (Lipinski definition) is 4. The Hall–Kier alpha value is -0.650. The number of nitrogens with two attached hydrogens (primary N) is 1. The molecule has 2 unspecified atom stereocenters. The Labute approximate surface area is 128 Å². The molecule has 0 aromatic rings. The third-order valence-electron chi connectivity index (χ3n) is 4.13. The van der Waals surface area contributed by atoms with Crippen LogP contribution >= 0.6 is 0 Å². The van der Waals surface area contributed by atoms with Crippen molar-refractivity contribution in [3.63, 3.8) is 0 Å². The largest absolute Gasteiger partial charge is 0.379 e. The summed E-state index contributed by atoms with van der Waals surface area (Å²) in [5, 5.41) is 3.32. The van der Waals surface area contributed by atoms with Crippen LogP contribution in [0.25, 0.3) is 0 Å². The second-order valence-electron chi connectivity index (χ2n) is 6.82. The highest BCUT2D eigenvalue weighted by atomic mass is 16.5. The maximum absolute atomic E-state index is 11.9. The summed E-state index contributed by atoms with van der Waals surface area (Å²) in [5.41, 5.74) is 4.99. The van der Waals surface area contributed by atoms with Gasteiger partial charge in [0.2, 0.25) is 5.91 Å². The molecule has 3 N–H and O–H groups in total. The number of carbonyl (C=O) groups is 1. The van der Waals surface area contributed by atoms with Crippen LogP contribution in [0, 0.1) is 5.92 Å². The molecule has 1 fully saturated rings. The number of likely N-dealkylation sites (N-methyl/N-ethyl adjacent to an activating group) is 1.